The highest BCUT2D eigenvalue weighted by molar-refractivity contribution is 5.81. The Hall–Kier alpha value is -1.88. The molecule has 1 saturated heterocycles. The first-order valence-electron chi connectivity index (χ1n) is 6.48. The highest BCUT2D eigenvalue weighted by Crippen LogP contribution is 2.17. The Balaban J connectivity index is 1.65. The number of aryl methyl sites for hydroxylation is 1. The van der Waals surface area contributed by atoms with Crippen LogP contribution < -0.4 is 5.32 Å². The van der Waals surface area contributed by atoms with Crippen molar-refractivity contribution in [2.45, 2.75) is 32.4 Å². The number of rotatable bonds is 3. The summed E-state index contributed by atoms with van der Waals surface area (Å²) in [4.78, 5) is 16.1. The molecule has 2 heterocycles. The van der Waals surface area contributed by atoms with Crippen molar-refractivity contribution in [1.82, 2.24) is 10.3 Å². The van der Waals surface area contributed by atoms with Crippen LogP contribution in [0.1, 0.15) is 24.3 Å². The lowest BCUT2D eigenvalue weighted by Gasteiger charge is -2.10. The molecular formula is C14H16N2O3. The molecule has 100 valence electrons. The lowest BCUT2D eigenvalue weighted by Crippen LogP contribution is -2.33. The van der Waals surface area contributed by atoms with Crippen molar-refractivity contribution in [3.8, 4) is 0 Å². The molecule has 1 amide bonds. The third kappa shape index (κ3) is 2.61. The highest BCUT2D eigenvalue weighted by atomic mass is 16.5. The summed E-state index contributed by atoms with van der Waals surface area (Å²) in [5, 5.41) is 2.89. The topological polar surface area (TPSA) is 64.4 Å². The van der Waals surface area contributed by atoms with Gasteiger partial charge in [0.25, 0.3) is 0 Å². The Morgan fingerprint density at radius 2 is 2.42 bits per heavy atom. The predicted molar refractivity (Wildman–Crippen MR) is 69.6 cm³/mol. The summed E-state index contributed by atoms with van der Waals surface area (Å²) in [5.74, 6) is 0.615. The summed E-state index contributed by atoms with van der Waals surface area (Å²) >= 11 is 0. The Morgan fingerprint density at radius 3 is 3.21 bits per heavy atom. The van der Waals surface area contributed by atoms with E-state index in [4.69, 9.17) is 9.15 Å². The number of ether oxygens (including phenoxy) is 1. The Kier molecular flexibility index (Phi) is 3.21. The quantitative estimate of drug-likeness (QED) is 0.915. The number of fused-ring (bicyclic) bond motifs is 1. The van der Waals surface area contributed by atoms with Crippen molar-refractivity contribution >= 4 is 17.0 Å². The second-order valence-electron chi connectivity index (χ2n) is 4.75. The van der Waals surface area contributed by atoms with Gasteiger partial charge in [0.1, 0.15) is 11.6 Å². The zero-order valence-corrected chi connectivity index (χ0v) is 10.8. The molecule has 19 heavy (non-hydrogen) atoms. The van der Waals surface area contributed by atoms with Crippen molar-refractivity contribution in [2.75, 3.05) is 6.61 Å². The maximum atomic E-state index is 11.8. The molecule has 2 aromatic rings. The van der Waals surface area contributed by atoms with E-state index in [0.717, 1.165) is 29.5 Å². The molecular weight excluding hydrogens is 244 g/mol. The van der Waals surface area contributed by atoms with Gasteiger partial charge in [0.2, 0.25) is 5.91 Å². The van der Waals surface area contributed by atoms with Gasteiger partial charge in [0.05, 0.1) is 0 Å². The van der Waals surface area contributed by atoms with Crippen LogP contribution in [0.2, 0.25) is 0 Å². The minimum atomic E-state index is -0.280. The first-order valence-corrected chi connectivity index (χ1v) is 6.48. The molecule has 5 nitrogen and oxygen atoms in total. The average molecular weight is 260 g/mol. The molecule has 5 heteroatoms. The molecule has 1 aromatic carbocycles. The zero-order valence-electron chi connectivity index (χ0n) is 10.8. The summed E-state index contributed by atoms with van der Waals surface area (Å²) in [6.45, 7) is 2.99. The smallest absolute Gasteiger partial charge is 0.249 e. The molecule has 1 fully saturated rings. The molecule has 0 saturated carbocycles. The standard InChI is InChI=1S/C14H16N2O3/c1-9-16-11-7-10(4-5-12(11)19-9)8-15-14(17)13-3-2-6-18-13/h4-5,7,13H,2-3,6,8H2,1H3,(H,15,17). The number of carbonyl (C=O) groups excluding carboxylic acids is 1. The monoisotopic (exact) mass is 260 g/mol. The Morgan fingerprint density at radius 1 is 1.53 bits per heavy atom. The van der Waals surface area contributed by atoms with Gasteiger partial charge < -0.3 is 14.5 Å². The van der Waals surface area contributed by atoms with E-state index in [1.54, 1.807) is 0 Å². The number of carbonyl (C=O) groups is 1. The van der Waals surface area contributed by atoms with E-state index in [1.807, 2.05) is 25.1 Å². The van der Waals surface area contributed by atoms with Crippen molar-refractivity contribution in [2.24, 2.45) is 0 Å². The number of hydrogen-bond acceptors (Lipinski definition) is 4. The van der Waals surface area contributed by atoms with Crippen LogP contribution >= 0.6 is 0 Å². The number of oxazole rings is 1. The second-order valence-corrected chi connectivity index (χ2v) is 4.75. The Labute approximate surface area is 111 Å². The van der Waals surface area contributed by atoms with Crippen molar-refractivity contribution in [3.63, 3.8) is 0 Å². The molecule has 1 atom stereocenters. The van der Waals surface area contributed by atoms with Crippen LogP contribution in [0, 0.1) is 6.92 Å². The predicted octanol–water partition coefficient (Wildman–Crippen LogP) is 1.93. The van der Waals surface area contributed by atoms with Gasteiger partial charge in [-0.3, -0.25) is 4.79 Å². The maximum absolute atomic E-state index is 11.8. The van der Waals surface area contributed by atoms with E-state index < -0.39 is 0 Å². The molecule has 0 radical (unpaired) electrons. The number of nitrogens with one attached hydrogen (secondary N) is 1. The van der Waals surface area contributed by atoms with Crippen molar-refractivity contribution in [3.05, 3.63) is 29.7 Å². The molecule has 3 rings (SSSR count). The number of amides is 1. The number of aromatic nitrogens is 1. The summed E-state index contributed by atoms with van der Waals surface area (Å²) in [6.07, 6.45) is 1.49. The highest BCUT2D eigenvalue weighted by Gasteiger charge is 2.22. The molecule has 1 aliphatic heterocycles. The summed E-state index contributed by atoms with van der Waals surface area (Å²) in [7, 11) is 0. The molecule has 1 aromatic heterocycles. The summed E-state index contributed by atoms with van der Waals surface area (Å²) in [5.41, 5.74) is 2.60. The van der Waals surface area contributed by atoms with E-state index in [9.17, 15) is 4.79 Å². The van der Waals surface area contributed by atoms with Crippen molar-refractivity contribution < 1.29 is 13.9 Å². The van der Waals surface area contributed by atoms with Gasteiger partial charge in [-0.15, -0.1) is 0 Å². The maximum Gasteiger partial charge on any atom is 0.249 e. The SMILES string of the molecule is Cc1nc2cc(CNC(=O)C3CCCO3)ccc2o1. The average Bonchev–Trinajstić information content (AvgIpc) is 3.03. The molecule has 0 bridgehead atoms. The van der Waals surface area contributed by atoms with Gasteiger partial charge in [0, 0.05) is 20.1 Å². The number of nitrogens with zero attached hydrogens (tertiary/aromatic N) is 1. The lowest BCUT2D eigenvalue weighted by atomic mass is 10.2. The van der Waals surface area contributed by atoms with Crippen LogP contribution in [-0.4, -0.2) is 23.6 Å². The van der Waals surface area contributed by atoms with E-state index in [-0.39, 0.29) is 12.0 Å². The first-order chi connectivity index (χ1) is 9.22. The molecule has 1 unspecified atom stereocenters. The summed E-state index contributed by atoms with van der Waals surface area (Å²) in [6, 6.07) is 5.74. The molecule has 0 aliphatic carbocycles. The number of benzene rings is 1. The first kappa shape index (κ1) is 12.2. The fraction of sp³-hybridized carbons (Fsp3) is 0.429. The summed E-state index contributed by atoms with van der Waals surface area (Å²) < 4.78 is 10.7. The third-order valence-corrected chi connectivity index (χ3v) is 3.25. The van der Waals surface area contributed by atoms with Crippen LogP contribution in [0.15, 0.2) is 22.6 Å². The van der Waals surface area contributed by atoms with Crippen LogP contribution in [0.25, 0.3) is 11.1 Å². The van der Waals surface area contributed by atoms with Gasteiger partial charge in [-0.05, 0) is 30.5 Å². The second kappa shape index (κ2) is 5.01. The third-order valence-electron chi connectivity index (χ3n) is 3.25. The van der Waals surface area contributed by atoms with Gasteiger partial charge in [-0.2, -0.15) is 0 Å². The van der Waals surface area contributed by atoms with E-state index in [1.165, 1.54) is 0 Å². The van der Waals surface area contributed by atoms with Crippen LogP contribution in [0.3, 0.4) is 0 Å². The van der Waals surface area contributed by atoms with Crippen LogP contribution in [0.4, 0.5) is 0 Å². The fourth-order valence-electron chi connectivity index (χ4n) is 2.29. The molecule has 1 N–H and O–H groups in total. The van der Waals surface area contributed by atoms with E-state index in [2.05, 4.69) is 10.3 Å². The van der Waals surface area contributed by atoms with Gasteiger partial charge in [0.15, 0.2) is 11.5 Å². The van der Waals surface area contributed by atoms with Gasteiger partial charge >= 0.3 is 0 Å². The van der Waals surface area contributed by atoms with Gasteiger partial charge in [-0.25, -0.2) is 4.98 Å². The van der Waals surface area contributed by atoms with Crippen LogP contribution in [0.5, 0.6) is 0 Å². The van der Waals surface area contributed by atoms with Crippen molar-refractivity contribution in [1.29, 1.82) is 0 Å². The largest absolute Gasteiger partial charge is 0.441 e. The Bertz CT molecular complexity index is 600. The van der Waals surface area contributed by atoms with Crippen LogP contribution in [-0.2, 0) is 16.1 Å². The van der Waals surface area contributed by atoms with E-state index >= 15 is 0 Å². The molecule has 0 spiro atoms. The fourth-order valence-corrected chi connectivity index (χ4v) is 2.29. The van der Waals surface area contributed by atoms with E-state index in [0.29, 0.717) is 19.0 Å². The minimum absolute atomic E-state index is 0.0334. The number of hydrogen-bond donors (Lipinski definition) is 1. The molecule has 1 aliphatic rings. The normalized spacial score (nSPS) is 18.9. The van der Waals surface area contributed by atoms with Gasteiger partial charge in [-0.1, -0.05) is 6.07 Å². The minimum Gasteiger partial charge on any atom is -0.441 e. The lowest BCUT2D eigenvalue weighted by molar-refractivity contribution is -0.130. The zero-order chi connectivity index (χ0) is 13.2.